The van der Waals surface area contributed by atoms with Crippen molar-refractivity contribution in [2.45, 2.75) is 57.2 Å². The van der Waals surface area contributed by atoms with E-state index in [2.05, 4.69) is 20.3 Å². The third kappa shape index (κ3) is 7.51. The summed E-state index contributed by atoms with van der Waals surface area (Å²) in [7, 11) is 0. The molecule has 1 saturated heterocycles. The molecule has 4 rings (SSSR count). The molecule has 1 N–H and O–H groups in total. The summed E-state index contributed by atoms with van der Waals surface area (Å²) in [5, 5.41) is 3.20. The van der Waals surface area contributed by atoms with Crippen LogP contribution in [0, 0.1) is 5.92 Å². The Hall–Kier alpha value is -2.95. The molecule has 0 spiro atoms. The van der Waals surface area contributed by atoms with Gasteiger partial charge < -0.3 is 10.1 Å². The summed E-state index contributed by atoms with van der Waals surface area (Å²) >= 11 is 0.948. The number of allylic oxidation sites excluding steroid dienone is 1. The number of carbonyl (C=O) groups is 2. The molecule has 186 valence electrons. The van der Waals surface area contributed by atoms with Crippen LogP contribution < -0.4 is 10.1 Å². The second-order valence-electron chi connectivity index (χ2n) is 8.66. The number of thioether (sulfide) groups is 1. The quantitative estimate of drug-likeness (QED) is 0.395. The first-order valence-electron chi connectivity index (χ1n) is 11.4. The Balaban J connectivity index is 1.26. The number of carbonyl (C=O) groups excluding carboxylic acids is 2. The fraction of sp³-hybridized carbons (Fsp3) is 0.458. The highest BCUT2D eigenvalue weighted by Crippen LogP contribution is 2.32. The fourth-order valence-corrected chi connectivity index (χ4v) is 5.05. The number of hydrogen-bond acceptors (Lipinski definition) is 8. The van der Waals surface area contributed by atoms with Gasteiger partial charge in [-0.1, -0.05) is 6.07 Å². The molecule has 7 nitrogen and oxygen atoms in total. The molecule has 35 heavy (non-hydrogen) atoms. The lowest BCUT2D eigenvalue weighted by molar-refractivity contribution is -0.154. The normalized spacial score (nSPS) is 22.0. The molecule has 2 aromatic heterocycles. The molecule has 0 amide bonds. The van der Waals surface area contributed by atoms with E-state index in [1.807, 2.05) is 0 Å². The summed E-state index contributed by atoms with van der Waals surface area (Å²) in [6.07, 6.45) is 5.47. The van der Waals surface area contributed by atoms with Crippen LogP contribution in [0.2, 0.25) is 0 Å². The third-order valence-corrected chi connectivity index (χ3v) is 6.92. The minimum absolute atomic E-state index is 0.0502. The number of ether oxygens (including phenoxy) is 1. The van der Waals surface area contributed by atoms with E-state index in [4.69, 9.17) is 4.74 Å². The van der Waals surface area contributed by atoms with Crippen LogP contribution in [0.3, 0.4) is 0 Å². The van der Waals surface area contributed by atoms with E-state index < -0.39 is 12.8 Å². The Morgan fingerprint density at radius 3 is 2.63 bits per heavy atom. The van der Waals surface area contributed by atoms with Crippen molar-refractivity contribution in [3.63, 3.8) is 0 Å². The first-order chi connectivity index (χ1) is 16.7. The molecular weight excluding hydrogens is 481 g/mol. The highest BCUT2D eigenvalue weighted by atomic mass is 32.2. The maximum Gasteiger partial charge on any atom is 0.422 e. The number of pyridine rings is 1. The SMILES string of the molecule is O=C1CC(=O)/C(=C/c2ccnc(NC3CCC(CCc4cccnc4OCC(F)(F)F)CC3)n2)S1. The fourth-order valence-electron chi connectivity index (χ4n) is 4.23. The Morgan fingerprint density at radius 1 is 1.11 bits per heavy atom. The van der Waals surface area contributed by atoms with Crippen molar-refractivity contribution in [1.82, 2.24) is 15.0 Å². The van der Waals surface area contributed by atoms with Crippen LogP contribution >= 0.6 is 11.8 Å². The molecule has 1 aliphatic carbocycles. The second kappa shape index (κ2) is 11.2. The van der Waals surface area contributed by atoms with E-state index in [0.29, 0.717) is 34.4 Å². The van der Waals surface area contributed by atoms with E-state index in [1.54, 1.807) is 30.5 Å². The zero-order chi connectivity index (χ0) is 24.8. The highest BCUT2D eigenvalue weighted by molar-refractivity contribution is 8.18. The lowest BCUT2D eigenvalue weighted by atomic mass is 9.83. The minimum atomic E-state index is -4.40. The molecule has 0 unspecified atom stereocenters. The van der Waals surface area contributed by atoms with Gasteiger partial charge in [0.15, 0.2) is 12.4 Å². The second-order valence-corrected chi connectivity index (χ2v) is 9.76. The zero-order valence-corrected chi connectivity index (χ0v) is 19.7. The number of nitrogens with one attached hydrogen (secondary N) is 1. The smallest absolute Gasteiger partial charge is 0.422 e. The van der Waals surface area contributed by atoms with Gasteiger partial charge in [-0.05, 0) is 74.4 Å². The average molecular weight is 507 g/mol. The van der Waals surface area contributed by atoms with E-state index in [0.717, 1.165) is 43.9 Å². The van der Waals surface area contributed by atoms with Gasteiger partial charge in [-0.2, -0.15) is 13.2 Å². The van der Waals surface area contributed by atoms with E-state index in [-0.39, 0.29) is 29.2 Å². The lowest BCUT2D eigenvalue weighted by Crippen LogP contribution is -2.27. The maximum atomic E-state index is 12.5. The van der Waals surface area contributed by atoms with E-state index in [1.165, 1.54) is 6.20 Å². The molecule has 0 aromatic carbocycles. The van der Waals surface area contributed by atoms with Gasteiger partial charge >= 0.3 is 6.18 Å². The first-order valence-corrected chi connectivity index (χ1v) is 12.3. The molecule has 11 heteroatoms. The van der Waals surface area contributed by atoms with E-state index in [9.17, 15) is 22.8 Å². The molecule has 0 atom stereocenters. The van der Waals surface area contributed by atoms with Crippen molar-refractivity contribution in [2.75, 3.05) is 11.9 Å². The van der Waals surface area contributed by atoms with Gasteiger partial charge in [0, 0.05) is 24.0 Å². The molecule has 0 bridgehead atoms. The van der Waals surface area contributed by atoms with Gasteiger partial charge in [0.1, 0.15) is 0 Å². The van der Waals surface area contributed by atoms with Gasteiger partial charge in [-0.25, -0.2) is 15.0 Å². The summed E-state index contributed by atoms with van der Waals surface area (Å²) < 4.78 is 42.4. The molecule has 1 aliphatic heterocycles. The van der Waals surface area contributed by atoms with Crippen LogP contribution in [0.15, 0.2) is 35.5 Å². The van der Waals surface area contributed by atoms with Crippen LogP contribution in [-0.4, -0.2) is 44.7 Å². The Morgan fingerprint density at radius 2 is 1.91 bits per heavy atom. The van der Waals surface area contributed by atoms with Crippen molar-refractivity contribution in [3.8, 4) is 5.88 Å². The predicted molar refractivity (Wildman–Crippen MR) is 126 cm³/mol. The van der Waals surface area contributed by atoms with Gasteiger partial charge in [0.05, 0.1) is 17.0 Å². The number of ketones is 1. The number of aromatic nitrogens is 3. The van der Waals surface area contributed by atoms with Crippen LogP contribution in [0.5, 0.6) is 5.88 Å². The Labute approximate surface area is 205 Å². The Kier molecular flexibility index (Phi) is 8.04. The third-order valence-electron chi connectivity index (χ3n) is 5.98. The summed E-state index contributed by atoms with van der Waals surface area (Å²) in [5.41, 5.74) is 1.26. The van der Waals surface area contributed by atoms with Crippen LogP contribution in [0.1, 0.15) is 49.8 Å². The monoisotopic (exact) mass is 506 g/mol. The number of halogens is 3. The number of rotatable bonds is 8. The highest BCUT2D eigenvalue weighted by Gasteiger charge is 2.29. The minimum Gasteiger partial charge on any atom is -0.468 e. The van der Waals surface area contributed by atoms with E-state index >= 15 is 0 Å². The number of anilines is 1. The van der Waals surface area contributed by atoms with Crippen molar-refractivity contribution in [1.29, 1.82) is 0 Å². The van der Waals surface area contributed by atoms with Gasteiger partial charge in [-0.3, -0.25) is 9.59 Å². The summed E-state index contributed by atoms with van der Waals surface area (Å²) in [4.78, 5) is 36.3. The Bertz CT molecular complexity index is 1100. The average Bonchev–Trinajstić information content (AvgIpc) is 3.14. The largest absolute Gasteiger partial charge is 0.468 e. The van der Waals surface area contributed by atoms with Crippen molar-refractivity contribution in [2.24, 2.45) is 5.92 Å². The molecule has 3 heterocycles. The van der Waals surface area contributed by atoms with Crippen LogP contribution in [0.4, 0.5) is 19.1 Å². The zero-order valence-electron chi connectivity index (χ0n) is 18.9. The molecular formula is C24H25F3N4O3S. The van der Waals surface area contributed by atoms with Crippen LogP contribution in [-0.2, 0) is 16.0 Å². The summed E-state index contributed by atoms with van der Waals surface area (Å²) in [6, 6.07) is 5.37. The first kappa shape index (κ1) is 25.2. The van der Waals surface area contributed by atoms with Gasteiger partial charge in [0.25, 0.3) is 0 Å². The lowest BCUT2D eigenvalue weighted by Gasteiger charge is -2.29. The van der Waals surface area contributed by atoms with Crippen molar-refractivity contribution < 1.29 is 27.5 Å². The predicted octanol–water partition coefficient (Wildman–Crippen LogP) is 4.99. The number of Topliss-reactive ketones (excluding diaryl/α,β-unsaturated/α-hetero) is 1. The number of nitrogens with zero attached hydrogens (tertiary/aromatic N) is 3. The molecule has 0 radical (unpaired) electrons. The summed E-state index contributed by atoms with van der Waals surface area (Å²) in [5.74, 6) is 0.807. The van der Waals surface area contributed by atoms with Crippen molar-refractivity contribution >= 4 is 34.7 Å². The molecule has 2 aliphatic rings. The van der Waals surface area contributed by atoms with Crippen LogP contribution in [0.25, 0.3) is 6.08 Å². The maximum absolute atomic E-state index is 12.5. The molecule has 1 saturated carbocycles. The molecule has 2 aromatic rings. The topological polar surface area (TPSA) is 94.1 Å². The standard InChI is InChI=1S/C24H25F3N4O3S/c25-24(26,27)14-34-22-16(2-1-10-28-22)6-3-15-4-7-17(8-5-15)30-23-29-11-9-18(31-23)12-20-19(32)13-21(33)35-20/h1-2,9-12,15,17H,3-8,13-14H2,(H,29,30,31)/b20-12-. The van der Waals surface area contributed by atoms with Crippen molar-refractivity contribution in [3.05, 3.63) is 46.8 Å². The van der Waals surface area contributed by atoms with Gasteiger partial charge in [-0.15, -0.1) is 0 Å². The number of alkyl halides is 3. The van der Waals surface area contributed by atoms with Gasteiger partial charge in [0.2, 0.25) is 16.9 Å². The summed E-state index contributed by atoms with van der Waals surface area (Å²) in [6.45, 7) is -1.35. The number of hydrogen-bond donors (Lipinski definition) is 1. The number of aryl methyl sites for hydroxylation is 1. The molecule has 2 fully saturated rings.